The molecule has 3 heteroatoms. The van der Waals surface area contributed by atoms with Gasteiger partial charge in [-0.3, -0.25) is 4.79 Å². The highest BCUT2D eigenvalue weighted by Gasteiger charge is 2.29. The van der Waals surface area contributed by atoms with Crippen molar-refractivity contribution in [3.63, 3.8) is 0 Å². The van der Waals surface area contributed by atoms with Crippen LogP contribution in [0.5, 0.6) is 0 Å². The zero-order chi connectivity index (χ0) is 13.1. The molecule has 0 spiro atoms. The predicted molar refractivity (Wildman–Crippen MR) is 74.9 cm³/mol. The Bertz CT molecular complexity index is 405. The van der Waals surface area contributed by atoms with E-state index >= 15 is 0 Å². The number of halogens is 1. The molecule has 1 amide bonds. The fourth-order valence-electron chi connectivity index (χ4n) is 2.71. The second-order valence-electron chi connectivity index (χ2n) is 5.17. The lowest BCUT2D eigenvalue weighted by molar-refractivity contribution is 0.0511. The Hall–Kier alpha value is -1.02. The van der Waals surface area contributed by atoms with Crippen LogP contribution in [-0.2, 0) is 5.88 Å². The van der Waals surface area contributed by atoms with E-state index in [1.54, 1.807) is 0 Å². The molecule has 0 bridgehead atoms. The summed E-state index contributed by atoms with van der Waals surface area (Å²) in [6.45, 7) is 4.28. The number of rotatable bonds is 2. The number of alkyl halides is 1. The molecule has 0 N–H and O–H groups in total. The van der Waals surface area contributed by atoms with Gasteiger partial charge in [-0.25, -0.2) is 0 Å². The van der Waals surface area contributed by atoms with E-state index in [1.165, 1.54) is 6.42 Å². The average molecular weight is 266 g/mol. The van der Waals surface area contributed by atoms with Gasteiger partial charge < -0.3 is 4.90 Å². The number of carbonyl (C=O) groups excluding carboxylic acids is 1. The molecule has 98 valence electrons. The van der Waals surface area contributed by atoms with Crippen molar-refractivity contribution in [2.75, 3.05) is 0 Å². The number of nitrogens with zero attached hydrogens (tertiary/aromatic N) is 1. The summed E-state index contributed by atoms with van der Waals surface area (Å²) in [5.41, 5.74) is 1.82. The van der Waals surface area contributed by atoms with Gasteiger partial charge in [0.2, 0.25) is 0 Å². The van der Waals surface area contributed by atoms with Crippen molar-refractivity contribution in [2.24, 2.45) is 0 Å². The van der Waals surface area contributed by atoms with Crippen LogP contribution in [0.1, 0.15) is 49.0 Å². The van der Waals surface area contributed by atoms with E-state index in [1.807, 2.05) is 29.2 Å². The molecule has 2 rings (SSSR count). The molecule has 1 fully saturated rings. The Kier molecular flexibility index (Phi) is 4.28. The molecule has 0 saturated carbocycles. The fourth-order valence-corrected chi connectivity index (χ4v) is 2.89. The fraction of sp³-hybridized carbons (Fsp3) is 0.533. The minimum atomic E-state index is 0.149. The van der Waals surface area contributed by atoms with Crippen LogP contribution in [0.25, 0.3) is 0 Å². The van der Waals surface area contributed by atoms with Crippen molar-refractivity contribution in [1.82, 2.24) is 4.90 Å². The first-order valence-electron chi connectivity index (χ1n) is 6.61. The number of carbonyl (C=O) groups is 1. The number of hydrogen-bond donors (Lipinski definition) is 0. The Labute approximate surface area is 114 Å². The Morgan fingerprint density at radius 1 is 1.22 bits per heavy atom. The van der Waals surface area contributed by atoms with E-state index in [2.05, 4.69) is 13.8 Å². The second kappa shape index (κ2) is 5.75. The van der Waals surface area contributed by atoms with Crippen LogP contribution in [0.2, 0.25) is 0 Å². The average Bonchev–Trinajstić information content (AvgIpc) is 2.38. The Morgan fingerprint density at radius 3 is 2.28 bits per heavy atom. The quantitative estimate of drug-likeness (QED) is 0.745. The van der Waals surface area contributed by atoms with Crippen molar-refractivity contribution in [2.45, 2.75) is 51.1 Å². The van der Waals surface area contributed by atoms with Crippen LogP contribution >= 0.6 is 11.6 Å². The summed E-state index contributed by atoms with van der Waals surface area (Å²) in [6, 6.07) is 8.31. The molecular weight excluding hydrogens is 246 g/mol. The molecule has 18 heavy (non-hydrogen) atoms. The highest BCUT2D eigenvalue weighted by molar-refractivity contribution is 6.17. The number of piperidine rings is 1. The molecule has 1 heterocycles. The summed E-state index contributed by atoms with van der Waals surface area (Å²) in [4.78, 5) is 14.5. The molecule has 1 aliphatic rings. The van der Waals surface area contributed by atoms with Crippen LogP contribution in [0.4, 0.5) is 0 Å². The summed E-state index contributed by atoms with van der Waals surface area (Å²) in [5.74, 6) is 0.640. The van der Waals surface area contributed by atoms with Gasteiger partial charge in [0, 0.05) is 23.5 Å². The van der Waals surface area contributed by atoms with Gasteiger partial charge in [-0.05, 0) is 50.8 Å². The van der Waals surface area contributed by atoms with E-state index in [0.717, 1.165) is 24.0 Å². The summed E-state index contributed by atoms with van der Waals surface area (Å²) < 4.78 is 0. The van der Waals surface area contributed by atoms with E-state index in [9.17, 15) is 4.79 Å². The van der Waals surface area contributed by atoms with Crippen molar-refractivity contribution >= 4 is 17.5 Å². The highest BCUT2D eigenvalue weighted by Crippen LogP contribution is 2.24. The zero-order valence-electron chi connectivity index (χ0n) is 11.0. The Balaban J connectivity index is 2.18. The number of likely N-dealkylation sites (tertiary alicyclic amines) is 1. The lowest BCUT2D eigenvalue weighted by atomic mass is 9.96. The van der Waals surface area contributed by atoms with Crippen molar-refractivity contribution in [1.29, 1.82) is 0 Å². The highest BCUT2D eigenvalue weighted by atomic mass is 35.5. The smallest absolute Gasteiger partial charge is 0.254 e. The van der Waals surface area contributed by atoms with Gasteiger partial charge in [0.05, 0.1) is 0 Å². The number of amides is 1. The van der Waals surface area contributed by atoms with Gasteiger partial charge in [-0.15, -0.1) is 11.6 Å². The minimum Gasteiger partial charge on any atom is -0.333 e. The van der Waals surface area contributed by atoms with Gasteiger partial charge in [-0.2, -0.15) is 0 Å². The minimum absolute atomic E-state index is 0.149. The van der Waals surface area contributed by atoms with Crippen LogP contribution in [-0.4, -0.2) is 22.9 Å². The lowest BCUT2D eigenvalue weighted by Gasteiger charge is -2.39. The third kappa shape index (κ3) is 2.69. The normalized spacial score (nSPS) is 24.1. The van der Waals surface area contributed by atoms with E-state index in [0.29, 0.717) is 18.0 Å². The zero-order valence-corrected chi connectivity index (χ0v) is 11.8. The molecule has 1 aromatic carbocycles. The lowest BCUT2D eigenvalue weighted by Crippen LogP contribution is -2.47. The maximum Gasteiger partial charge on any atom is 0.254 e. The SMILES string of the molecule is C[C@H]1CCC[C@H](C)N1C(=O)c1ccc(CCl)cc1. The number of hydrogen-bond acceptors (Lipinski definition) is 1. The third-order valence-corrected chi connectivity index (χ3v) is 4.09. The van der Waals surface area contributed by atoms with Gasteiger partial charge >= 0.3 is 0 Å². The van der Waals surface area contributed by atoms with Gasteiger partial charge in [0.1, 0.15) is 0 Å². The Morgan fingerprint density at radius 2 is 1.78 bits per heavy atom. The van der Waals surface area contributed by atoms with E-state index in [-0.39, 0.29) is 5.91 Å². The third-order valence-electron chi connectivity index (χ3n) is 3.78. The van der Waals surface area contributed by atoms with Gasteiger partial charge in [0.15, 0.2) is 0 Å². The van der Waals surface area contributed by atoms with Crippen LogP contribution < -0.4 is 0 Å². The monoisotopic (exact) mass is 265 g/mol. The molecule has 2 nitrogen and oxygen atoms in total. The maximum atomic E-state index is 12.5. The molecule has 1 aliphatic heterocycles. The molecule has 0 aliphatic carbocycles. The van der Waals surface area contributed by atoms with Gasteiger partial charge in [0.25, 0.3) is 5.91 Å². The topological polar surface area (TPSA) is 20.3 Å². The van der Waals surface area contributed by atoms with Crippen molar-refractivity contribution in [3.05, 3.63) is 35.4 Å². The molecule has 0 radical (unpaired) electrons. The molecule has 0 unspecified atom stereocenters. The van der Waals surface area contributed by atoms with Crippen molar-refractivity contribution in [3.8, 4) is 0 Å². The van der Waals surface area contributed by atoms with E-state index < -0.39 is 0 Å². The predicted octanol–water partition coefficient (Wildman–Crippen LogP) is 3.83. The summed E-state index contributed by atoms with van der Waals surface area (Å²) in [7, 11) is 0. The van der Waals surface area contributed by atoms with Crippen LogP contribution in [0.3, 0.4) is 0 Å². The second-order valence-corrected chi connectivity index (χ2v) is 5.44. The number of benzene rings is 1. The largest absolute Gasteiger partial charge is 0.333 e. The van der Waals surface area contributed by atoms with Crippen molar-refractivity contribution < 1.29 is 4.79 Å². The maximum absolute atomic E-state index is 12.5. The first kappa shape index (κ1) is 13.4. The molecule has 2 atom stereocenters. The summed E-state index contributed by atoms with van der Waals surface area (Å²) in [6.07, 6.45) is 3.43. The van der Waals surface area contributed by atoms with Crippen LogP contribution in [0.15, 0.2) is 24.3 Å². The summed E-state index contributed by atoms with van der Waals surface area (Å²) >= 11 is 5.76. The van der Waals surface area contributed by atoms with E-state index in [4.69, 9.17) is 11.6 Å². The van der Waals surface area contributed by atoms with Crippen LogP contribution in [0, 0.1) is 0 Å². The molecule has 0 aromatic heterocycles. The van der Waals surface area contributed by atoms with Gasteiger partial charge in [-0.1, -0.05) is 12.1 Å². The molecule has 1 aromatic rings. The first-order valence-corrected chi connectivity index (χ1v) is 7.14. The first-order chi connectivity index (χ1) is 8.63. The molecular formula is C15H20ClNO. The summed E-state index contributed by atoms with van der Waals surface area (Å²) in [5, 5.41) is 0. The standard InChI is InChI=1S/C15H20ClNO/c1-11-4-3-5-12(2)17(11)15(18)14-8-6-13(10-16)7-9-14/h6-9,11-12H,3-5,10H2,1-2H3/t11-,12-/m0/s1. The molecule has 1 saturated heterocycles.